The Hall–Kier alpha value is -2.56. The van der Waals surface area contributed by atoms with E-state index in [2.05, 4.69) is 10.3 Å². The van der Waals surface area contributed by atoms with Gasteiger partial charge >= 0.3 is 0 Å². The average Bonchev–Trinajstić information content (AvgIpc) is 2.52. The molecule has 0 saturated heterocycles. The predicted molar refractivity (Wildman–Crippen MR) is 79.7 cm³/mol. The molecule has 1 N–H and O–H groups in total. The SMILES string of the molecule is COc1ccc(C(=O)NCc2cccc(C)n2)c(OC)c1. The van der Waals surface area contributed by atoms with Crippen molar-refractivity contribution in [1.82, 2.24) is 10.3 Å². The molecule has 2 rings (SSSR count). The molecule has 0 atom stereocenters. The molecule has 0 aliphatic rings. The Balaban J connectivity index is 2.10. The summed E-state index contributed by atoms with van der Waals surface area (Å²) in [4.78, 5) is 16.6. The number of carbonyl (C=O) groups is 1. The third kappa shape index (κ3) is 3.72. The van der Waals surface area contributed by atoms with Crippen molar-refractivity contribution < 1.29 is 14.3 Å². The standard InChI is InChI=1S/C16H18N2O3/c1-11-5-4-6-12(18-11)10-17-16(19)14-8-7-13(20-2)9-15(14)21-3/h4-9H,10H2,1-3H3,(H,17,19). The fourth-order valence-electron chi connectivity index (χ4n) is 1.95. The molecule has 0 radical (unpaired) electrons. The van der Waals surface area contributed by atoms with Crippen molar-refractivity contribution >= 4 is 5.91 Å². The molecule has 0 aliphatic heterocycles. The molecular weight excluding hydrogens is 268 g/mol. The van der Waals surface area contributed by atoms with Crippen LogP contribution < -0.4 is 14.8 Å². The topological polar surface area (TPSA) is 60.5 Å². The molecule has 5 heteroatoms. The Morgan fingerprint density at radius 2 is 2.00 bits per heavy atom. The van der Waals surface area contributed by atoms with Gasteiger partial charge in [-0.3, -0.25) is 9.78 Å². The van der Waals surface area contributed by atoms with Crippen LogP contribution >= 0.6 is 0 Å². The number of hydrogen-bond acceptors (Lipinski definition) is 4. The van der Waals surface area contributed by atoms with Crippen molar-refractivity contribution in [1.29, 1.82) is 0 Å². The number of benzene rings is 1. The van der Waals surface area contributed by atoms with Crippen LogP contribution in [-0.2, 0) is 6.54 Å². The molecule has 21 heavy (non-hydrogen) atoms. The highest BCUT2D eigenvalue weighted by molar-refractivity contribution is 5.97. The maximum Gasteiger partial charge on any atom is 0.255 e. The van der Waals surface area contributed by atoms with Crippen LogP contribution in [0.25, 0.3) is 0 Å². The zero-order valence-electron chi connectivity index (χ0n) is 12.3. The number of nitrogens with zero attached hydrogens (tertiary/aromatic N) is 1. The summed E-state index contributed by atoms with van der Waals surface area (Å²) in [7, 11) is 3.09. The summed E-state index contributed by atoms with van der Waals surface area (Å²) in [5.41, 5.74) is 2.20. The van der Waals surface area contributed by atoms with Gasteiger partial charge in [-0.1, -0.05) is 6.07 Å². The molecule has 0 bridgehead atoms. The molecule has 1 amide bonds. The van der Waals surface area contributed by atoms with Gasteiger partial charge in [0.2, 0.25) is 0 Å². The van der Waals surface area contributed by atoms with Crippen molar-refractivity contribution in [3.63, 3.8) is 0 Å². The number of carbonyl (C=O) groups excluding carboxylic acids is 1. The Kier molecular flexibility index (Phi) is 4.77. The number of hydrogen-bond donors (Lipinski definition) is 1. The lowest BCUT2D eigenvalue weighted by atomic mass is 10.1. The second-order valence-corrected chi connectivity index (χ2v) is 4.52. The van der Waals surface area contributed by atoms with Gasteiger partial charge in [0.15, 0.2) is 0 Å². The van der Waals surface area contributed by atoms with Gasteiger partial charge in [0.05, 0.1) is 32.0 Å². The Bertz CT molecular complexity index is 641. The van der Waals surface area contributed by atoms with Gasteiger partial charge in [-0.25, -0.2) is 0 Å². The fourth-order valence-corrected chi connectivity index (χ4v) is 1.95. The molecule has 2 aromatic rings. The van der Waals surface area contributed by atoms with Crippen molar-refractivity contribution in [2.24, 2.45) is 0 Å². The zero-order valence-corrected chi connectivity index (χ0v) is 12.3. The number of aryl methyl sites for hydroxylation is 1. The first-order chi connectivity index (χ1) is 10.1. The Morgan fingerprint density at radius 3 is 2.67 bits per heavy atom. The predicted octanol–water partition coefficient (Wildman–Crippen LogP) is 2.34. The summed E-state index contributed by atoms with van der Waals surface area (Å²) < 4.78 is 10.3. The second kappa shape index (κ2) is 6.74. The highest BCUT2D eigenvalue weighted by Gasteiger charge is 2.13. The van der Waals surface area contributed by atoms with Crippen LogP contribution in [0, 0.1) is 6.92 Å². The summed E-state index contributed by atoms with van der Waals surface area (Å²) in [5.74, 6) is 0.908. The van der Waals surface area contributed by atoms with E-state index in [-0.39, 0.29) is 5.91 Å². The van der Waals surface area contributed by atoms with Gasteiger partial charge < -0.3 is 14.8 Å². The van der Waals surface area contributed by atoms with Gasteiger partial charge in [0, 0.05) is 11.8 Å². The first-order valence-corrected chi connectivity index (χ1v) is 6.57. The van der Waals surface area contributed by atoms with Crippen LogP contribution in [0.15, 0.2) is 36.4 Å². The van der Waals surface area contributed by atoms with Crippen molar-refractivity contribution in [3.8, 4) is 11.5 Å². The average molecular weight is 286 g/mol. The first-order valence-electron chi connectivity index (χ1n) is 6.57. The van der Waals surface area contributed by atoms with Crippen LogP contribution in [0.1, 0.15) is 21.7 Å². The number of amides is 1. The summed E-state index contributed by atoms with van der Waals surface area (Å²) >= 11 is 0. The van der Waals surface area contributed by atoms with Crippen LogP contribution in [-0.4, -0.2) is 25.1 Å². The summed E-state index contributed by atoms with van der Waals surface area (Å²) in [6.45, 7) is 2.29. The molecular formula is C16H18N2O3. The maximum atomic E-state index is 12.2. The van der Waals surface area contributed by atoms with Crippen molar-refractivity contribution in [2.45, 2.75) is 13.5 Å². The molecule has 1 heterocycles. The molecule has 0 saturated carbocycles. The van der Waals surface area contributed by atoms with Crippen LogP contribution in [0.5, 0.6) is 11.5 Å². The second-order valence-electron chi connectivity index (χ2n) is 4.52. The third-order valence-electron chi connectivity index (χ3n) is 3.03. The number of nitrogens with one attached hydrogen (secondary N) is 1. The Morgan fingerprint density at radius 1 is 1.19 bits per heavy atom. The largest absolute Gasteiger partial charge is 0.497 e. The number of pyridine rings is 1. The maximum absolute atomic E-state index is 12.2. The monoisotopic (exact) mass is 286 g/mol. The van der Waals surface area contributed by atoms with Crippen LogP contribution in [0.3, 0.4) is 0 Å². The summed E-state index contributed by atoms with van der Waals surface area (Å²) in [6, 6.07) is 10.8. The summed E-state index contributed by atoms with van der Waals surface area (Å²) in [5, 5.41) is 2.83. The van der Waals surface area contributed by atoms with Crippen molar-refractivity contribution in [2.75, 3.05) is 14.2 Å². The number of methoxy groups -OCH3 is 2. The van der Waals surface area contributed by atoms with Gasteiger partial charge in [0.25, 0.3) is 5.91 Å². The molecule has 110 valence electrons. The lowest BCUT2D eigenvalue weighted by Crippen LogP contribution is -2.24. The highest BCUT2D eigenvalue weighted by Crippen LogP contribution is 2.24. The minimum absolute atomic E-state index is 0.210. The number of ether oxygens (including phenoxy) is 2. The van der Waals surface area contributed by atoms with Crippen LogP contribution in [0.2, 0.25) is 0 Å². The van der Waals surface area contributed by atoms with Crippen LogP contribution in [0.4, 0.5) is 0 Å². The number of rotatable bonds is 5. The molecule has 1 aromatic heterocycles. The smallest absolute Gasteiger partial charge is 0.255 e. The van der Waals surface area contributed by atoms with Gasteiger partial charge in [0.1, 0.15) is 11.5 Å². The van der Waals surface area contributed by atoms with E-state index in [0.29, 0.717) is 23.6 Å². The molecule has 5 nitrogen and oxygen atoms in total. The molecule has 0 fully saturated rings. The molecule has 0 unspecified atom stereocenters. The van der Waals surface area contributed by atoms with E-state index in [9.17, 15) is 4.79 Å². The zero-order chi connectivity index (χ0) is 15.2. The van der Waals surface area contributed by atoms with Gasteiger partial charge in [-0.05, 0) is 31.2 Å². The van der Waals surface area contributed by atoms with E-state index >= 15 is 0 Å². The van der Waals surface area contributed by atoms with E-state index < -0.39 is 0 Å². The normalized spacial score (nSPS) is 10.0. The molecule has 0 aliphatic carbocycles. The first kappa shape index (κ1) is 14.8. The lowest BCUT2D eigenvalue weighted by Gasteiger charge is -2.10. The van der Waals surface area contributed by atoms with Gasteiger partial charge in [-0.15, -0.1) is 0 Å². The van der Waals surface area contributed by atoms with E-state index in [0.717, 1.165) is 11.4 Å². The highest BCUT2D eigenvalue weighted by atomic mass is 16.5. The minimum atomic E-state index is -0.210. The quantitative estimate of drug-likeness (QED) is 0.916. The van der Waals surface area contributed by atoms with E-state index in [1.165, 1.54) is 7.11 Å². The minimum Gasteiger partial charge on any atom is -0.497 e. The lowest BCUT2D eigenvalue weighted by molar-refractivity contribution is 0.0947. The molecule has 0 spiro atoms. The third-order valence-corrected chi connectivity index (χ3v) is 3.03. The van der Waals surface area contributed by atoms with E-state index in [1.807, 2.05) is 25.1 Å². The Labute approximate surface area is 123 Å². The van der Waals surface area contributed by atoms with Crippen molar-refractivity contribution in [3.05, 3.63) is 53.3 Å². The molecule has 1 aromatic carbocycles. The summed E-state index contributed by atoms with van der Waals surface area (Å²) in [6.07, 6.45) is 0. The fraction of sp³-hybridized carbons (Fsp3) is 0.250. The number of aromatic nitrogens is 1. The van der Waals surface area contributed by atoms with E-state index in [4.69, 9.17) is 9.47 Å². The van der Waals surface area contributed by atoms with E-state index in [1.54, 1.807) is 25.3 Å². The van der Waals surface area contributed by atoms with Gasteiger partial charge in [-0.2, -0.15) is 0 Å².